The first-order chi connectivity index (χ1) is 12.0. The van der Waals surface area contributed by atoms with Gasteiger partial charge in [0.15, 0.2) is 0 Å². The predicted octanol–water partition coefficient (Wildman–Crippen LogP) is 2.97. The molecule has 130 valence electrons. The third-order valence-corrected chi connectivity index (χ3v) is 4.21. The smallest absolute Gasteiger partial charge is 0.319 e. The summed E-state index contributed by atoms with van der Waals surface area (Å²) in [4.78, 5) is 25.9. The topological polar surface area (TPSA) is 81.7 Å². The number of nitrogens with zero attached hydrogens (tertiary/aromatic N) is 1. The van der Waals surface area contributed by atoms with Crippen LogP contribution in [-0.4, -0.2) is 34.5 Å². The van der Waals surface area contributed by atoms with Crippen LogP contribution in [0.1, 0.15) is 12.0 Å². The van der Waals surface area contributed by atoms with E-state index in [0.717, 1.165) is 5.56 Å². The van der Waals surface area contributed by atoms with Crippen LogP contribution in [0, 0.1) is 0 Å². The average molecular weight is 360 g/mol. The standard InChI is InChI=1S/C18H18ClN3O3/c19-13-6-7-16(23)15(8-13)21-18(25)20-14-9-17(24)22(11-14)10-12-4-2-1-3-5-12/h1-8,14,23H,9-11H2,(H2,20,21,25). The van der Waals surface area contributed by atoms with Crippen LogP contribution in [0.25, 0.3) is 0 Å². The van der Waals surface area contributed by atoms with Crippen molar-refractivity contribution in [2.75, 3.05) is 11.9 Å². The normalized spacial score (nSPS) is 16.8. The van der Waals surface area contributed by atoms with Crippen molar-refractivity contribution in [1.29, 1.82) is 0 Å². The summed E-state index contributed by atoms with van der Waals surface area (Å²) in [5.41, 5.74) is 1.26. The van der Waals surface area contributed by atoms with Crippen molar-refractivity contribution in [2.45, 2.75) is 19.0 Å². The van der Waals surface area contributed by atoms with Crippen molar-refractivity contribution >= 4 is 29.2 Å². The Labute approximate surface area is 150 Å². The lowest BCUT2D eigenvalue weighted by atomic mass is 10.2. The molecule has 0 aromatic heterocycles. The summed E-state index contributed by atoms with van der Waals surface area (Å²) in [7, 11) is 0. The summed E-state index contributed by atoms with van der Waals surface area (Å²) >= 11 is 5.85. The summed E-state index contributed by atoms with van der Waals surface area (Å²) in [6.07, 6.45) is 0.252. The van der Waals surface area contributed by atoms with Gasteiger partial charge >= 0.3 is 6.03 Å². The number of anilines is 1. The predicted molar refractivity (Wildman–Crippen MR) is 95.5 cm³/mol. The molecular weight excluding hydrogens is 342 g/mol. The monoisotopic (exact) mass is 359 g/mol. The Morgan fingerprint density at radius 3 is 2.76 bits per heavy atom. The fourth-order valence-corrected chi connectivity index (χ4v) is 2.95. The minimum atomic E-state index is -0.489. The Hall–Kier alpha value is -2.73. The van der Waals surface area contributed by atoms with Gasteiger partial charge in [-0.25, -0.2) is 4.79 Å². The van der Waals surface area contributed by atoms with Crippen LogP contribution in [0.5, 0.6) is 5.75 Å². The molecule has 7 heteroatoms. The third-order valence-electron chi connectivity index (χ3n) is 3.97. The Bertz CT molecular complexity index is 782. The molecule has 2 aromatic carbocycles. The number of benzene rings is 2. The summed E-state index contributed by atoms with van der Waals surface area (Å²) in [5.74, 6) is -0.0764. The number of rotatable bonds is 4. The highest BCUT2D eigenvalue weighted by Crippen LogP contribution is 2.26. The molecule has 0 saturated carbocycles. The number of carbonyl (C=O) groups excluding carboxylic acids is 2. The second-order valence-corrected chi connectivity index (χ2v) is 6.36. The fourth-order valence-electron chi connectivity index (χ4n) is 2.78. The van der Waals surface area contributed by atoms with Gasteiger partial charge in [0.05, 0.1) is 11.7 Å². The third kappa shape index (κ3) is 4.42. The maximum Gasteiger partial charge on any atom is 0.319 e. The highest BCUT2D eigenvalue weighted by molar-refractivity contribution is 6.31. The molecule has 3 N–H and O–H groups in total. The van der Waals surface area contributed by atoms with Gasteiger partial charge in [-0.1, -0.05) is 41.9 Å². The maximum atomic E-state index is 12.1. The molecule has 25 heavy (non-hydrogen) atoms. The number of carbonyl (C=O) groups is 2. The Morgan fingerprint density at radius 1 is 1.24 bits per heavy atom. The SMILES string of the molecule is O=C(Nc1cc(Cl)ccc1O)NC1CC(=O)N(Cc2ccccc2)C1. The van der Waals surface area contributed by atoms with Gasteiger partial charge in [0.25, 0.3) is 0 Å². The second kappa shape index (κ2) is 7.44. The number of hydrogen-bond donors (Lipinski definition) is 3. The van der Waals surface area contributed by atoms with Crippen LogP contribution in [-0.2, 0) is 11.3 Å². The summed E-state index contributed by atoms with van der Waals surface area (Å²) in [6.45, 7) is 0.969. The van der Waals surface area contributed by atoms with Crippen molar-refractivity contribution in [1.82, 2.24) is 10.2 Å². The van der Waals surface area contributed by atoms with Crippen molar-refractivity contribution in [2.24, 2.45) is 0 Å². The van der Waals surface area contributed by atoms with Crippen molar-refractivity contribution < 1.29 is 14.7 Å². The average Bonchev–Trinajstić information content (AvgIpc) is 2.91. The molecule has 0 aliphatic carbocycles. The van der Waals surface area contributed by atoms with Gasteiger partial charge < -0.3 is 20.6 Å². The van der Waals surface area contributed by atoms with Gasteiger partial charge in [0.1, 0.15) is 5.75 Å². The van der Waals surface area contributed by atoms with Crippen molar-refractivity contribution in [3.63, 3.8) is 0 Å². The molecule has 3 amide bonds. The minimum Gasteiger partial charge on any atom is -0.506 e. The molecule has 1 saturated heterocycles. The molecule has 1 atom stereocenters. The summed E-state index contributed by atoms with van der Waals surface area (Å²) in [5, 5.41) is 15.4. The Kier molecular flexibility index (Phi) is 5.09. The Balaban J connectivity index is 1.56. The largest absolute Gasteiger partial charge is 0.506 e. The van der Waals surface area contributed by atoms with Gasteiger partial charge in [-0.3, -0.25) is 4.79 Å². The van der Waals surface area contributed by atoms with E-state index in [2.05, 4.69) is 10.6 Å². The Morgan fingerprint density at radius 2 is 2.00 bits per heavy atom. The second-order valence-electron chi connectivity index (χ2n) is 5.92. The number of likely N-dealkylation sites (tertiary alicyclic amines) is 1. The van der Waals surface area contributed by atoms with E-state index in [4.69, 9.17) is 11.6 Å². The first-order valence-corrected chi connectivity index (χ1v) is 8.27. The van der Waals surface area contributed by atoms with Crippen LogP contribution in [0.15, 0.2) is 48.5 Å². The quantitative estimate of drug-likeness (QED) is 0.734. The van der Waals surface area contributed by atoms with Crippen LogP contribution < -0.4 is 10.6 Å². The number of halogens is 1. The summed E-state index contributed by atoms with van der Waals surface area (Å²) < 4.78 is 0. The van der Waals surface area contributed by atoms with E-state index in [1.54, 1.807) is 4.90 Å². The van der Waals surface area contributed by atoms with E-state index >= 15 is 0 Å². The number of hydrogen-bond acceptors (Lipinski definition) is 3. The van der Waals surface area contributed by atoms with Crippen molar-refractivity contribution in [3.05, 3.63) is 59.1 Å². The molecule has 3 rings (SSSR count). The van der Waals surface area contributed by atoms with Gasteiger partial charge in [0, 0.05) is 24.5 Å². The summed E-state index contributed by atoms with van der Waals surface area (Å²) in [6, 6.07) is 13.3. The van der Waals surface area contributed by atoms with E-state index in [-0.39, 0.29) is 29.8 Å². The van der Waals surface area contributed by atoms with E-state index in [1.165, 1.54) is 18.2 Å². The molecule has 1 heterocycles. The lowest BCUT2D eigenvalue weighted by molar-refractivity contribution is -0.128. The molecule has 0 bridgehead atoms. The van der Waals surface area contributed by atoms with Crippen LogP contribution in [0.4, 0.5) is 10.5 Å². The van der Waals surface area contributed by atoms with Crippen molar-refractivity contribution in [3.8, 4) is 5.75 Å². The number of aromatic hydroxyl groups is 1. The molecule has 0 spiro atoms. The molecule has 1 unspecified atom stereocenters. The van der Waals surface area contributed by atoms with Crippen LogP contribution in [0.2, 0.25) is 5.02 Å². The number of phenols is 1. The molecular formula is C18H18ClN3O3. The number of urea groups is 1. The first kappa shape index (κ1) is 17.1. The van der Waals surface area contributed by atoms with Gasteiger partial charge in [-0.05, 0) is 23.8 Å². The van der Waals surface area contributed by atoms with E-state index in [1.807, 2.05) is 30.3 Å². The van der Waals surface area contributed by atoms with Gasteiger partial charge in [-0.2, -0.15) is 0 Å². The number of amides is 3. The lowest BCUT2D eigenvalue weighted by Gasteiger charge is -2.17. The molecule has 6 nitrogen and oxygen atoms in total. The van der Waals surface area contributed by atoms with E-state index < -0.39 is 6.03 Å². The van der Waals surface area contributed by atoms with Gasteiger partial charge in [-0.15, -0.1) is 0 Å². The highest BCUT2D eigenvalue weighted by atomic mass is 35.5. The maximum absolute atomic E-state index is 12.1. The zero-order valence-corrected chi connectivity index (χ0v) is 14.2. The molecule has 1 fully saturated rings. The fraction of sp³-hybridized carbons (Fsp3) is 0.222. The molecule has 0 radical (unpaired) electrons. The minimum absolute atomic E-state index is 0.000226. The first-order valence-electron chi connectivity index (χ1n) is 7.89. The van der Waals surface area contributed by atoms with Gasteiger partial charge in [0.2, 0.25) is 5.91 Å². The van der Waals surface area contributed by atoms with Crippen LogP contribution >= 0.6 is 11.6 Å². The lowest BCUT2D eigenvalue weighted by Crippen LogP contribution is -2.39. The molecule has 1 aliphatic rings. The van der Waals surface area contributed by atoms with Crippen LogP contribution in [0.3, 0.4) is 0 Å². The number of nitrogens with one attached hydrogen (secondary N) is 2. The molecule has 2 aromatic rings. The van der Waals surface area contributed by atoms with E-state index in [9.17, 15) is 14.7 Å². The highest BCUT2D eigenvalue weighted by Gasteiger charge is 2.30. The number of phenolic OH excluding ortho intramolecular Hbond substituents is 1. The zero-order chi connectivity index (χ0) is 17.8. The molecule has 1 aliphatic heterocycles. The zero-order valence-electron chi connectivity index (χ0n) is 13.4. The van der Waals surface area contributed by atoms with E-state index in [0.29, 0.717) is 18.1 Å².